The molecule has 2 atom stereocenters. The van der Waals surface area contributed by atoms with Crippen LogP contribution in [-0.4, -0.2) is 43.8 Å². The SMILES string of the molecule is COc1cc2c(cc1OC)[C@@H]([C@@H](C)NC(=O)NC(C)C)N(Cc1ccc(F)cc1)CC2. The average molecular weight is 430 g/mol. The third-order valence-electron chi connectivity index (χ3n) is 5.58. The first kappa shape index (κ1) is 22.9. The zero-order valence-electron chi connectivity index (χ0n) is 18.9. The summed E-state index contributed by atoms with van der Waals surface area (Å²) in [7, 11) is 3.25. The van der Waals surface area contributed by atoms with E-state index >= 15 is 0 Å². The smallest absolute Gasteiger partial charge is 0.315 e. The van der Waals surface area contributed by atoms with Crippen LogP contribution in [-0.2, 0) is 13.0 Å². The number of benzene rings is 2. The quantitative estimate of drug-likeness (QED) is 0.697. The summed E-state index contributed by atoms with van der Waals surface area (Å²) in [4.78, 5) is 14.7. The molecule has 168 valence electrons. The highest BCUT2D eigenvalue weighted by Gasteiger charge is 2.33. The third kappa shape index (κ3) is 5.47. The second-order valence-electron chi connectivity index (χ2n) is 8.26. The Bertz CT molecular complexity index is 902. The molecule has 2 aromatic carbocycles. The van der Waals surface area contributed by atoms with E-state index in [1.807, 2.05) is 32.9 Å². The second-order valence-corrected chi connectivity index (χ2v) is 8.26. The highest BCUT2D eigenvalue weighted by molar-refractivity contribution is 5.74. The fourth-order valence-electron chi connectivity index (χ4n) is 4.21. The van der Waals surface area contributed by atoms with E-state index in [1.165, 1.54) is 17.7 Å². The predicted molar refractivity (Wildman–Crippen MR) is 119 cm³/mol. The Kier molecular flexibility index (Phi) is 7.38. The number of fused-ring (bicyclic) bond motifs is 1. The van der Waals surface area contributed by atoms with Gasteiger partial charge in [0.25, 0.3) is 0 Å². The van der Waals surface area contributed by atoms with Crippen molar-refractivity contribution in [3.05, 3.63) is 58.9 Å². The molecule has 0 saturated heterocycles. The van der Waals surface area contributed by atoms with Crippen molar-refractivity contribution < 1.29 is 18.7 Å². The molecule has 0 bridgehead atoms. The first-order chi connectivity index (χ1) is 14.8. The summed E-state index contributed by atoms with van der Waals surface area (Å²) in [6.45, 7) is 7.32. The van der Waals surface area contributed by atoms with E-state index in [-0.39, 0.29) is 30.0 Å². The molecule has 0 aromatic heterocycles. The molecule has 0 radical (unpaired) electrons. The molecule has 0 fully saturated rings. The number of methoxy groups -OCH3 is 2. The van der Waals surface area contributed by atoms with Gasteiger partial charge in [-0.25, -0.2) is 9.18 Å². The molecule has 1 heterocycles. The number of hydrogen-bond donors (Lipinski definition) is 2. The first-order valence-electron chi connectivity index (χ1n) is 10.6. The van der Waals surface area contributed by atoms with E-state index < -0.39 is 0 Å². The molecule has 0 unspecified atom stereocenters. The minimum atomic E-state index is -0.249. The number of urea groups is 1. The number of carbonyl (C=O) groups excluding carboxylic acids is 1. The Balaban J connectivity index is 1.95. The Morgan fingerprint density at radius 3 is 2.35 bits per heavy atom. The minimum absolute atomic E-state index is 0.0468. The molecule has 7 heteroatoms. The predicted octanol–water partition coefficient (Wildman–Crippen LogP) is 4.04. The molecule has 6 nitrogen and oxygen atoms in total. The number of carbonyl (C=O) groups is 1. The number of nitrogens with one attached hydrogen (secondary N) is 2. The number of amides is 2. The maximum atomic E-state index is 13.4. The van der Waals surface area contributed by atoms with E-state index in [0.717, 1.165) is 24.1 Å². The van der Waals surface area contributed by atoms with Crippen molar-refractivity contribution in [1.82, 2.24) is 15.5 Å². The Morgan fingerprint density at radius 2 is 1.74 bits per heavy atom. The fraction of sp³-hybridized carbons (Fsp3) is 0.458. The molecule has 0 saturated carbocycles. The van der Waals surface area contributed by atoms with Crippen molar-refractivity contribution in [2.75, 3.05) is 20.8 Å². The zero-order chi connectivity index (χ0) is 22.5. The van der Waals surface area contributed by atoms with Gasteiger partial charge in [0.05, 0.1) is 20.3 Å². The van der Waals surface area contributed by atoms with E-state index in [4.69, 9.17) is 9.47 Å². The van der Waals surface area contributed by atoms with Gasteiger partial charge in [0.2, 0.25) is 0 Å². The average Bonchev–Trinajstić information content (AvgIpc) is 2.73. The third-order valence-corrected chi connectivity index (χ3v) is 5.58. The van der Waals surface area contributed by atoms with Crippen molar-refractivity contribution in [3.63, 3.8) is 0 Å². The summed E-state index contributed by atoms with van der Waals surface area (Å²) in [5.74, 6) is 1.11. The maximum Gasteiger partial charge on any atom is 0.315 e. The number of nitrogens with zero attached hydrogens (tertiary/aromatic N) is 1. The standard InChI is InChI=1S/C24H32FN3O3/c1-15(2)26-24(29)27-16(3)23-20-13-22(31-5)21(30-4)12-18(20)10-11-28(23)14-17-6-8-19(25)9-7-17/h6-9,12-13,15-16,23H,10-11,14H2,1-5H3,(H2,26,27,29)/t16-,23-/m1/s1. The van der Waals surface area contributed by atoms with Crippen molar-refractivity contribution in [3.8, 4) is 11.5 Å². The zero-order valence-corrected chi connectivity index (χ0v) is 18.9. The van der Waals surface area contributed by atoms with Gasteiger partial charge >= 0.3 is 6.03 Å². The van der Waals surface area contributed by atoms with Gasteiger partial charge in [-0.1, -0.05) is 12.1 Å². The van der Waals surface area contributed by atoms with E-state index in [1.54, 1.807) is 26.4 Å². The van der Waals surface area contributed by atoms with Gasteiger partial charge in [0.15, 0.2) is 11.5 Å². The lowest BCUT2D eigenvalue weighted by Crippen LogP contribution is -2.50. The summed E-state index contributed by atoms with van der Waals surface area (Å²) < 4.78 is 24.4. The van der Waals surface area contributed by atoms with Gasteiger partial charge in [-0.15, -0.1) is 0 Å². The highest BCUT2D eigenvalue weighted by Crippen LogP contribution is 2.40. The van der Waals surface area contributed by atoms with Crippen LogP contribution in [0.1, 0.15) is 43.5 Å². The molecular weight excluding hydrogens is 397 g/mol. The Labute approximate surface area is 183 Å². The molecule has 2 amide bonds. The summed E-state index contributed by atoms with van der Waals surface area (Å²) in [5.41, 5.74) is 3.30. The molecular formula is C24H32FN3O3. The minimum Gasteiger partial charge on any atom is -0.493 e. The van der Waals surface area contributed by atoms with Gasteiger partial charge in [-0.05, 0) is 68.1 Å². The summed E-state index contributed by atoms with van der Waals surface area (Å²) in [5, 5.41) is 5.98. The fourth-order valence-corrected chi connectivity index (χ4v) is 4.21. The van der Waals surface area contributed by atoms with Gasteiger partial charge in [-0.2, -0.15) is 0 Å². The molecule has 3 rings (SSSR count). The number of hydrogen-bond acceptors (Lipinski definition) is 4. The van der Waals surface area contributed by atoms with Crippen LogP contribution in [0.5, 0.6) is 11.5 Å². The summed E-state index contributed by atoms with van der Waals surface area (Å²) in [6.07, 6.45) is 0.846. The van der Waals surface area contributed by atoms with Crippen molar-refractivity contribution in [2.45, 2.75) is 51.9 Å². The normalized spacial score (nSPS) is 17.1. The summed E-state index contributed by atoms with van der Waals surface area (Å²) >= 11 is 0. The van der Waals surface area contributed by atoms with Gasteiger partial charge < -0.3 is 20.1 Å². The molecule has 1 aliphatic rings. The van der Waals surface area contributed by atoms with Crippen LogP contribution < -0.4 is 20.1 Å². The Hall–Kier alpha value is -2.80. The molecule has 1 aliphatic heterocycles. The lowest BCUT2D eigenvalue weighted by Gasteiger charge is -2.41. The van der Waals surface area contributed by atoms with Gasteiger partial charge in [-0.3, -0.25) is 4.90 Å². The first-order valence-corrected chi connectivity index (χ1v) is 10.6. The Morgan fingerprint density at radius 1 is 1.10 bits per heavy atom. The number of ether oxygens (including phenoxy) is 2. The van der Waals surface area contributed by atoms with Gasteiger partial charge in [0.1, 0.15) is 5.82 Å². The maximum absolute atomic E-state index is 13.4. The van der Waals surface area contributed by atoms with Crippen molar-refractivity contribution in [2.24, 2.45) is 0 Å². The van der Waals surface area contributed by atoms with Crippen molar-refractivity contribution >= 4 is 6.03 Å². The molecule has 2 aromatic rings. The van der Waals surface area contributed by atoms with Crippen LogP contribution >= 0.6 is 0 Å². The monoisotopic (exact) mass is 429 g/mol. The van der Waals surface area contributed by atoms with Crippen LogP contribution in [0.15, 0.2) is 36.4 Å². The largest absolute Gasteiger partial charge is 0.493 e. The molecule has 31 heavy (non-hydrogen) atoms. The van der Waals surface area contributed by atoms with Gasteiger partial charge in [0, 0.05) is 25.2 Å². The van der Waals surface area contributed by atoms with E-state index in [0.29, 0.717) is 18.0 Å². The van der Waals surface area contributed by atoms with Crippen LogP contribution in [0.2, 0.25) is 0 Å². The van der Waals surface area contributed by atoms with Crippen LogP contribution in [0.25, 0.3) is 0 Å². The topological polar surface area (TPSA) is 62.8 Å². The van der Waals surface area contributed by atoms with Crippen LogP contribution in [0.4, 0.5) is 9.18 Å². The van der Waals surface area contributed by atoms with E-state index in [9.17, 15) is 9.18 Å². The number of halogens is 1. The molecule has 2 N–H and O–H groups in total. The van der Waals surface area contributed by atoms with Crippen molar-refractivity contribution in [1.29, 1.82) is 0 Å². The highest BCUT2D eigenvalue weighted by atomic mass is 19.1. The second kappa shape index (κ2) is 10.0. The molecule has 0 aliphatic carbocycles. The molecule has 0 spiro atoms. The van der Waals surface area contributed by atoms with Crippen LogP contribution in [0, 0.1) is 5.82 Å². The lowest BCUT2D eigenvalue weighted by molar-refractivity contribution is 0.143. The van der Waals surface area contributed by atoms with Crippen LogP contribution in [0.3, 0.4) is 0 Å². The summed E-state index contributed by atoms with van der Waals surface area (Å²) in [6, 6.07) is 10.2. The van der Waals surface area contributed by atoms with E-state index in [2.05, 4.69) is 15.5 Å². The number of rotatable bonds is 7. The lowest BCUT2D eigenvalue weighted by atomic mass is 9.87.